The second-order valence-electron chi connectivity index (χ2n) is 3.91. The Labute approximate surface area is 92.5 Å². The average Bonchev–Trinajstić information content (AvgIpc) is 2.26. The summed E-state index contributed by atoms with van der Waals surface area (Å²) >= 11 is 0. The monoisotopic (exact) mass is 207 g/mol. The predicted molar refractivity (Wildman–Crippen MR) is 63.7 cm³/mol. The molecule has 0 aliphatic rings. The lowest BCUT2D eigenvalue weighted by Crippen LogP contribution is -2.20. The van der Waals surface area contributed by atoms with Crippen molar-refractivity contribution in [1.82, 2.24) is 15.2 Å². The summed E-state index contributed by atoms with van der Waals surface area (Å²) in [7, 11) is 4.16. The third-order valence-electron chi connectivity index (χ3n) is 2.39. The lowest BCUT2D eigenvalue weighted by molar-refractivity contribution is 0.318. The highest BCUT2D eigenvalue weighted by Crippen LogP contribution is 2.01. The average molecular weight is 207 g/mol. The zero-order valence-corrected chi connectivity index (χ0v) is 9.74. The molecule has 1 aromatic heterocycles. The van der Waals surface area contributed by atoms with Crippen molar-refractivity contribution in [2.24, 2.45) is 0 Å². The molecule has 15 heavy (non-hydrogen) atoms. The summed E-state index contributed by atoms with van der Waals surface area (Å²) in [4.78, 5) is 6.45. The number of pyridine rings is 1. The molecule has 3 nitrogen and oxygen atoms in total. The molecule has 0 saturated heterocycles. The van der Waals surface area contributed by atoms with Gasteiger partial charge in [0.1, 0.15) is 0 Å². The molecule has 0 amide bonds. The highest BCUT2D eigenvalue weighted by molar-refractivity contribution is 5.07. The normalized spacial score (nSPS) is 10.9. The molecule has 0 aliphatic heterocycles. The molecule has 0 fully saturated rings. The van der Waals surface area contributed by atoms with E-state index in [9.17, 15) is 0 Å². The SMILES string of the molecule is CNCCCCN(C)Cc1cccnc1. The maximum absolute atomic E-state index is 4.11. The molecule has 1 aromatic rings. The summed E-state index contributed by atoms with van der Waals surface area (Å²) < 4.78 is 0. The van der Waals surface area contributed by atoms with Crippen LogP contribution in [0.1, 0.15) is 18.4 Å². The Morgan fingerprint density at radius 1 is 1.40 bits per heavy atom. The second-order valence-corrected chi connectivity index (χ2v) is 3.91. The van der Waals surface area contributed by atoms with Crippen molar-refractivity contribution in [3.8, 4) is 0 Å². The molecule has 0 unspecified atom stereocenters. The summed E-state index contributed by atoms with van der Waals surface area (Å²) in [5, 5.41) is 3.16. The van der Waals surface area contributed by atoms with Crippen molar-refractivity contribution in [2.45, 2.75) is 19.4 Å². The largest absolute Gasteiger partial charge is 0.320 e. The molecule has 0 saturated carbocycles. The number of nitrogens with zero attached hydrogens (tertiary/aromatic N) is 2. The van der Waals surface area contributed by atoms with Crippen LogP contribution in [0, 0.1) is 0 Å². The van der Waals surface area contributed by atoms with Crippen molar-refractivity contribution in [2.75, 3.05) is 27.2 Å². The van der Waals surface area contributed by atoms with Crippen LogP contribution in [-0.4, -0.2) is 37.1 Å². The molecule has 1 N–H and O–H groups in total. The maximum atomic E-state index is 4.11. The van der Waals surface area contributed by atoms with Crippen molar-refractivity contribution in [3.63, 3.8) is 0 Å². The minimum atomic E-state index is 0.993. The van der Waals surface area contributed by atoms with Gasteiger partial charge in [-0.1, -0.05) is 6.07 Å². The van der Waals surface area contributed by atoms with Crippen LogP contribution in [0.5, 0.6) is 0 Å². The molecule has 84 valence electrons. The summed E-state index contributed by atoms with van der Waals surface area (Å²) in [6.07, 6.45) is 6.24. The second kappa shape index (κ2) is 7.37. The Morgan fingerprint density at radius 2 is 2.27 bits per heavy atom. The van der Waals surface area contributed by atoms with Crippen molar-refractivity contribution in [3.05, 3.63) is 30.1 Å². The van der Waals surface area contributed by atoms with Crippen LogP contribution in [0.2, 0.25) is 0 Å². The van der Waals surface area contributed by atoms with E-state index in [1.165, 1.54) is 18.4 Å². The minimum absolute atomic E-state index is 0.993. The van der Waals surface area contributed by atoms with Gasteiger partial charge in [-0.2, -0.15) is 0 Å². The third kappa shape index (κ3) is 5.50. The van der Waals surface area contributed by atoms with Crippen LogP contribution in [0.15, 0.2) is 24.5 Å². The molecule has 3 heteroatoms. The maximum Gasteiger partial charge on any atom is 0.0312 e. The van der Waals surface area contributed by atoms with Crippen molar-refractivity contribution in [1.29, 1.82) is 0 Å². The van der Waals surface area contributed by atoms with E-state index in [2.05, 4.69) is 28.3 Å². The van der Waals surface area contributed by atoms with Crippen LogP contribution in [0.4, 0.5) is 0 Å². The summed E-state index contributed by atoms with van der Waals surface area (Å²) in [5.74, 6) is 0. The van der Waals surface area contributed by atoms with Gasteiger partial charge in [0.25, 0.3) is 0 Å². The highest BCUT2D eigenvalue weighted by Gasteiger charge is 1.99. The van der Waals surface area contributed by atoms with E-state index in [4.69, 9.17) is 0 Å². The molecular weight excluding hydrogens is 186 g/mol. The van der Waals surface area contributed by atoms with Crippen LogP contribution in [0.25, 0.3) is 0 Å². The molecule has 0 aromatic carbocycles. The molecule has 1 heterocycles. The van der Waals surface area contributed by atoms with Gasteiger partial charge in [0.05, 0.1) is 0 Å². The van der Waals surface area contributed by atoms with Gasteiger partial charge in [-0.25, -0.2) is 0 Å². The van der Waals surface area contributed by atoms with E-state index in [1.807, 2.05) is 25.5 Å². The van der Waals surface area contributed by atoms with Gasteiger partial charge in [-0.15, -0.1) is 0 Å². The first-order chi connectivity index (χ1) is 7.33. The number of hydrogen-bond donors (Lipinski definition) is 1. The van der Waals surface area contributed by atoms with Gasteiger partial charge < -0.3 is 10.2 Å². The van der Waals surface area contributed by atoms with E-state index in [-0.39, 0.29) is 0 Å². The minimum Gasteiger partial charge on any atom is -0.320 e. The lowest BCUT2D eigenvalue weighted by Gasteiger charge is -2.16. The van der Waals surface area contributed by atoms with Gasteiger partial charge in [0, 0.05) is 18.9 Å². The van der Waals surface area contributed by atoms with E-state index >= 15 is 0 Å². The Balaban J connectivity index is 2.16. The van der Waals surface area contributed by atoms with Crippen molar-refractivity contribution >= 4 is 0 Å². The number of rotatable bonds is 7. The van der Waals surface area contributed by atoms with Gasteiger partial charge >= 0.3 is 0 Å². The summed E-state index contributed by atoms with van der Waals surface area (Å²) in [6, 6.07) is 4.11. The van der Waals surface area contributed by atoms with Crippen LogP contribution in [-0.2, 0) is 6.54 Å². The number of hydrogen-bond acceptors (Lipinski definition) is 3. The van der Waals surface area contributed by atoms with Crippen LogP contribution in [0.3, 0.4) is 0 Å². The lowest BCUT2D eigenvalue weighted by atomic mass is 10.2. The van der Waals surface area contributed by atoms with Crippen molar-refractivity contribution < 1.29 is 0 Å². The van der Waals surface area contributed by atoms with Crippen LogP contribution < -0.4 is 5.32 Å². The molecule has 0 spiro atoms. The zero-order valence-electron chi connectivity index (χ0n) is 9.74. The van der Waals surface area contributed by atoms with Gasteiger partial charge in [0.2, 0.25) is 0 Å². The van der Waals surface area contributed by atoms with Gasteiger partial charge in [-0.3, -0.25) is 4.98 Å². The van der Waals surface area contributed by atoms with E-state index in [0.717, 1.165) is 19.6 Å². The fraction of sp³-hybridized carbons (Fsp3) is 0.583. The fourth-order valence-electron chi connectivity index (χ4n) is 1.57. The highest BCUT2D eigenvalue weighted by atomic mass is 15.1. The first-order valence-corrected chi connectivity index (χ1v) is 5.55. The first kappa shape index (κ1) is 12.1. The Bertz CT molecular complexity index is 248. The summed E-state index contributed by atoms with van der Waals surface area (Å²) in [6.45, 7) is 3.25. The molecule has 1 rings (SSSR count). The summed E-state index contributed by atoms with van der Waals surface area (Å²) in [5.41, 5.74) is 1.29. The molecule has 0 radical (unpaired) electrons. The van der Waals surface area contributed by atoms with Gasteiger partial charge in [0.15, 0.2) is 0 Å². The predicted octanol–water partition coefficient (Wildman–Crippen LogP) is 1.51. The molecule has 0 bridgehead atoms. The number of unbranched alkanes of at least 4 members (excludes halogenated alkanes) is 1. The van der Waals surface area contributed by atoms with E-state index < -0.39 is 0 Å². The zero-order chi connectivity index (χ0) is 10.9. The number of nitrogens with one attached hydrogen (secondary N) is 1. The topological polar surface area (TPSA) is 28.2 Å². The Morgan fingerprint density at radius 3 is 2.93 bits per heavy atom. The fourth-order valence-corrected chi connectivity index (χ4v) is 1.57. The first-order valence-electron chi connectivity index (χ1n) is 5.55. The van der Waals surface area contributed by atoms with Crippen LogP contribution >= 0.6 is 0 Å². The Kier molecular flexibility index (Phi) is 5.97. The number of aromatic nitrogens is 1. The quantitative estimate of drug-likeness (QED) is 0.687. The van der Waals surface area contributed by atoms with E-state index in [1.54, 1.807) is 0 Å². The smallest absolute Gasteiger partial charge is 0.0312 e. The van der Waals surface area contributed by atoms with Gasteiger partial charge in [-0.05, 0) is 51.7 Å². The molecule has 0 aliphatic carbocycles. The van der Waals surface area contributed by atoms with E-state index in [0.29, 0.717) is 0 Å². The Hall–Kier alpha value is -0.930. The molecule has 0 atom stereocenters. The standard InChI is InChI=1S/C12H21N3/c1-13-7-3-4-9-15(2)11-12-6-5-8-14-10-12/h5-6,8,10,13H,3-4,7,9,11H2,1-2H3. The molecular formula is C12H21N3. The third-order valence-corrected chi connectivity index (χ3v) is 2.39.